The number of rotatable bonds is 6. The molecule has 2 aromatic rings. The fraction of sp³-hybridized carbons (Fsp3) is 0.667. The van der Waals surface area contributed by atoms with Crippen molar-refractivity contribution in [3.63, 3.8) is 0 Å². The van der Waals surface area contributed by atoms with E-state index in [0.717, 1.165) is 30.5 Å². The van der Waals surface area contributed by atoms with E-state index in [-0.39, 0.29) is 0 Å². The number of aryl methyl sites for hydroxylation is 1. The third kappa shape index (κ3) is 4.07. The highest BCUT2D eigenvalue weighted by Gasteiger charge is 2.26. The normalized spacial score (nSPS) is 19.4. The van der Waals surface area contributed by atoms with Gasteiger partial charge in [0.05, 0.1) is 18.8 Å². The van der Waals surface area contributed by atoms with E-state index in [0.29, 0.717) is 37.3 Å². The summed E-state index contributed by atoms with van der Waals surface area (Å²) in [5, 5.41) is 7.22. The lowest BCUT2D eigenvalue weighted by Gasteiger charge is -2.39. The highest BCUT2D eigenvalue weighted by molar-refractivity contribution is 7.13. The summed E-state index contributed by atoms with van der Waals surface area (Å²) in [5.41, 5.74) is 1.09. The zero-order chi connectivity index (χ0) is 16.2. The molecule has 3 heterocycles. The van der Waals surface area contributed by atoms with Crippen LogP contribution in [0.1, 0.15) is 24.3 Å². The van der Waals surface area contributed by atoms with Crippen molar-refractivity contribution in [2.75, 3.05) is 38.3 Å². The van der Waals surface area contributed by atoms with E-state index in [1.54, 1.807) is 18.4 Å². The van der Waals surface area contributed by atoms with Gasteiger partial charge in [-0.05, 0) is 13.8 Å². The van der Waals surface area contributed by atoms with Crippen molar-refractivity contribution in [1.82, 2.24) is 20.0 Å². The van der Waals surface area contributed by atoms with E-state index in [9.17, 15) is 0 Å². The van der Waals surface area contributed by atoms with Crippen molar-refractivity contribution in [1.29, 1.82) is 0 Å². The molecule has 1 fully saturated rings. The van der Waals surface area contributed by atoms with Crippen molar-refractivity contribution in [2.24, 2.45) is 0 Å². The van der Waals surface area contributed by atoms with Gasteiger partial charge in [0.2, 0.25) is 5.89 Å². The van der Waals surface area contributed by atoms with E-state index < -0.39 is 0 Å². The molecule has 126 valence electrons. The Morgan fingerprint density at radius 1 is 1.39 bits per heavy atom. The molecule has 0 radical (unpaired) electrons. The van der Waals surface area contributed by atoms with Crippen molar-refractivity contribution in [3.05, 3.63) is 22.8 Å². The summed E-state index contributed by atoms with van der Waals surface area (Å²) in [7, 11) is 1.67. The van der Waals surface area contributed by atoms with Crippen LogP contribution in [0.25, 0.3) is 0 Å². The molecule has 0 amide bonds. The molecule has 0 bridgehead atoms. The molecule has 0 aliphatic carbocycles. The van der Waals surface area contributed by atoms with E-state index in [1.807, 2.05) is 6.92 Å². The van der Waals surface area contributed by atoms with Crippen LogP contribution in [0.3, 0.4) is 0 Å². The van der Waals surface area contributed by atoms with Crippen LogP contribution in [-0.2, 0) is 17.7 Å². The summed E-state index contributed by atoms with van der Waals surface area (Å²) in [4.78, 5) is 13.8. The molecule has 1 aliphatic rings. The van der Waals surface area contributed by atoms with Crippen LogP contribution in [0.4, 0.5) is 5.13 Å². The second-order valence-electron chi connectivity index (χ2n) is 5.90. The van der Waals surface area contributed by atoms with E-state index in [2.05, 4.69) is 37.2 Å². The minimum absolute atomic E-state index is 0.421. The Kier molecular flexibility index (Phi) is 5.24. The smallest absolute Gasteiger partial charge is 0.240 e. The Morgan fingerprint density at radius 2 is 2.26 bits per heavy atom. The SMILES string of the molecule is COCCc1noc(CN2CCN(c3nc(C)cs3)[C@H](C)C2)n1. The van der Waals surface area contributed by atoms with Gasteiger partial charge in [-0.1, -0.05) is 5.16 Å². The molecule has 2 aromatic heterocycles. The number of aromatic nitrogens is 3. The fourth-order valence-corrected chi connectivity index (χ4v) is 3.71. The Bertz CT molecular complexity index is 629. The van der Waals surface area contributed by atoms with Gasteiger partial charge in [0.15, 0.2) is 11.0 Å². The summed E-state index contributed by atoms with van der Waals surface area (Å²) in [6.45, 7) is 8.50. The number of hydrogen-bond acceptors (Lipinski definition) is 8. The van der Waals surface area contributed by atoms with Crippen molar-refractivity contribution in [3.8, 4) is 0 Å². The van der Waals surface area contributed by atoms with Crippen LogP contribution < -0.4 is 4.90 Å². The molecular formula is C15H23N5O2S. The number of ether oxygens (including phenoxy) is 1. The van der Waals surface area contributed by atoms with Gasteiger partial charge >= 0.3 is 0 Å². The highest BCUT2D eigenvalue weighted by atomic mass is 32.1. The molecule has 1 aliphatic heterocycles. The minimum atomic E-state index is 0.421. The van der Waals surface area contributed by atoms with Crippen molar-refractivity contribution >= 4 is 16.5 Å². The minimum Gasteiger partial charge on any atom is -0.384 e. The topological polar surface area (TPSA) is 67.5 Å². The molecule has 23 heavy (non-hydrogen) atoms. The first-order valence-electron chi connectivity index (χ1n) is 7.87. The zero-order valence-corrected chi connectivity index (χ0v) is 14.7. The van der Waals surface area contributed by atoms with Crippen LogP contribution in [-0.4, -0.2) is 59.4 Å². The van der Waals surface area contributed by atoms with E-state index >= 15 is 0 Å². The number of methoxy groups -OCH3 is 1. The van der Waals surface area contributed by atoms with E-state index in [1.165, 1.54) is 0 Å². The standard InChI is InChI=1S/C15H23N5O2S/c1-11-10-23-15(16-11)20-6-5-19(8-12(20)2)9-14-17-13(18-22-14)4-7-21-3/h10,12H,4-9H2,1-3H3/t12-/m1/s1. The number of hydrogen-bond donors (Lipinski definition) is 0. The number of anilines is 1. The Balaban J connectivity index is 1.54. The average Bonchev–Trinajstić information content (AvgIpc) is 3.14. The lowest BCUT2D eigenvalue weighted by Crippen LogP contribution is -2.51. The first kappa shape index (κ1) is 16.4. The Hall–Kier alpha value is -1.51. The quantitative estimate of drug-likeness (QED) is 0.795. The zero-order valence-electron chi connectivity index (χ0n) is 13.9. The van der Waals surface area contributed by atoms with Crippen LogP contribution in [0.2, 0.25) is 0 Å². The molecular weight excluding hydrogens is 314 g/mol. The molecule has 0 aromatic carbocycles. The first-order valence-corrected chi connectivity index (χ1v) is 8.75. The van der Waals surface area contributed by atoms with Gasteiger partial charge < -0.3 is 14.2 Å². The second kappa shape index (κ2) is 7.37. The third-order valence-corrected chi connectivity index (χ3v) is 4.96. The monoisotopic (exact) mass is 337 g/mol. The van der Waals surface area contributed by atoms with Gasteiger partial charge in [-0.3, -0.25) is 4.90 Å². The van der Waals surface area contributed by atoms with Gasteiger partial charge in [-0.2, -0.15) is 4.98 Å². The average molecular weight is 337 g/mol. The summed E-state index contributed by atoms with van der Waals surface area (Å²) in [5.74, 6) is 1.40. The second-order valence-corrected chi connectivity index (χ2v) is 6.73. The Labute approximate surface area is 140 Å². The van der Waals surface area contributed by atoms with Crippen molar-refractivity contribution < 1.29 is 9.26 Å². The molecule has 0 unspecified atom stereocenters. The number of thiazole rings is 1. The maximum absolute atomic E-state index is 5.33. The van der Waals surface area contributed by atoms with E-state index in [4.69, 9.17) is 9.26 Å². The third-order valence-electron chi connectivity index (χ3n) is 3.96. The van der Waals surface area contributed by atoms with Crippen LogP contribution in [0, 0.1) is 6.92 Å². The summed E-state index contributed by atoms with van der Waals surface area (Å²) in [6, 6.07) is 0.421. The lowest BCUT2D eigenvalue weighted by atomic mass is 10.2. The summed E-state index contributed by atoms with van der Waals surface area (Å²) < 4.78 is 10.4. The molecule has 3 rings (SSSR count). The molecule has 1 saturated heterocycles. The predicted molar refractivity (Wildman–Crippen MR) is 88.8 cm³/mol. The maximum atomic E-state index is 5.33. The molecule has 7 nitrogen and oxygen atoms in total. The van der Waals surface area contributed by atoms with Gasteiger partial charge in [0.25, 0.3) is 0 Å². The number of piperazine rings is 1. The largest absolute Gasteiger partial charge is 0.384 e. The van der Waals surface area contributed by atoms with Crippen molar-refractivity contribution in [2.45, 2.75) is 32.9 Å². The highest BCUT2D eigenvalue weighted by Crippen LogP contribution is 2.24. The van der Waals surface area contributed by atoms with Gasteiger partial charge in [0, 0.05) is 44.6 Å². The summed E-state index contributed by atoms with van der Waals surface area (Å²) in [6.07, 6.45) is 0.688. The van der Waals surface area contributed by atoms with Gasteiger partial charge in [-0.25, -0.2) is 4.98 Å². The fourth-order valence-electron chi connectivity index (χ4n) is 2.77. The molecule has 0 spiro atoms. The Morgan fingerprint density at radius 3 is 2.96 bits per heavy atom. The summed E-state index contributed by atoms with van der Waals surface area (Å²) >= 11 is 1.72. The van der Waals surface area contributed by atoms with Crippen LogP contribution in [0.5, 0.6) is 0 Å². The first-order chi connectivity index (χ1) is 11.2. The van der Waals surface area contributed by atoms with Crippen LogP contribution >= 0.6 is 11.3 Å². The van der Waals surface area contributed by atoms with Crippen LogP contribution in [0.15, 0.2) is 9.90 Å². The van der Waals surface area contributed by atoms with Gasteiger partial charge in [-0.15, -0.1) is 11.3 Å². The maximum Gasteiger partial charge on any atom is 0.240 e. The molecule has 0 saturated carbocycles. The molecule has 1 atom stereocenters. The lowest BCUT2D eigenvalue weighted by molar-refractivity contribution is 0.192. The molecule has 8 heteroatoms. The van der Waals surface area contributed by atoms with Gasteiger partial charge in [0.1, 0.15) is 0 Å². The molecule has 0 N–H and O–H groups in total. The number of nitrogens with zero attached hydrogens (tertiary/aromatic N) is 5. The predicted octanol–water partition coefficient (Wildman–Crippen LogP) is 1.73.